The molecule has 0 bridgehead atoms. The van der Waals surface area contributed by atoms with Gasteiger partial charge in [-0.3, -0.25) is 9.48 Å². The lowest BCUT2D eigenvalue weighted by Gasteiger charge is -1.88. The summed E-state index contributed by atoms with van der Waals surface area (Å²) in [5.74, 6) is 0. The zero-order chi connectivity index (χ0) is 8.72. The minimum Gasteiger partial charge on any atom is -0.326 e. The predicted molar refractivity (Wildman–Crippen MR) is 49.0 cm³/mol. The maximum absolute atomic E-state index is 11.2. The third-order valence-corrected chi connectivity index (χ3v) is 2.29. The highest BCUT2D eigenvalue weighted by molar-refractivity contribution is 9.10. The zero-order valence-corrected chi connectivity index (χ0v) is 7.92. The number of hydrogen-bond acceptors (Lipinski definition) is 2. The van der Waals surface area contributed by atoms with E-state index in [1.54, 1.807) is 24.1 Å². The fourth-order valence-electron chi connectivity index (χ4n) is 1.11. The smallest absolute Gasteiger partial charge is 0.276 e. The molecule has 2 rings (SSSR count). The molecule has 1 N–H and O–H groups in total. The van der Waals surface area contributed by atoms with Gasteiger partial charge in [0.05, 0.1) is 0 Å². The van der Waals surface area contributed by atoms with Gasteiger partial charge in [-0.15, -0.1) is 0 Å². The van der Waals surface area contributed by atoms with Gasteiger partial charge in [-0.05, 0) is 15.9 Å². The molecule has 0 aliphatic rings. The highest BCUT2D eigenvalue weighted by atomic mass is 79.9. The van der Waals surface area contributed by atoms with Crippen LogP contribution < -0.4 is 5.56 Å². The third-order valence-electron chi connectivity index (χ3n) is 1.63. The number of fused-ring (bicyclic) bond motifs is 1. The van der Waals surface area contributed by atoms with E-state index in [9.17, 15) is 4.79 Å². The van der Waals surface area contributed by atoms with E-state index in [1.165, 1.54) is 0 Å². The topological polar surface area (TPSA) is 50.7 Å². The maximum Gasteiger partial charge on any atom is 0.276 e. The van der Waals surface area contributed by atoms with Crippen LogP contribution in [0.3, 0.4) is 0 Å². The normalized spacial score (nSPS) is 10.8. The SMILES string of the molecule is Cn1cc2c(Br)c[nH]c(=O)c2n1. The molecule has 0 atom stereocenters. The Kier molecular flexibility index (Phi) is 1.54. The van der Waals surface area contributed by atoms with Gasteiger partial charge in [0.2, 0.25) is 0 Å². The average Bonchev–Trinajstić information content (AvgIpc) is 2.41. The molecule has 12 heavy (non-hydrogen) atoms. The lowest BCUT2D eigenvalue weighted by atomic mass is 10.3. The van der Waals surface area contributed by atoms with Crippen molar-refractivity contribution in [2.45, 2.75) is 0 Å². The fourth-order valence-corrected chi connectivity index (χ4v) is 1.51. The van der Waals surface area contributed by atoms with Gasteiger partial charge in [0.25, 0.3) is 5.56 Å². The Labute approximate surface area is 76.3 Å². The Bertz CT molecular complexity index is 485. The van der Waals surface area contributed by atoms with Crippen molar-refractivity contribution in [1.82, 2.24) is 14.8 Å². The van der Waals surface area contributed by atoms with Crippen LogP contribution in [-0.4, -0.2) is 14.8 Å². The number of aromatic nitrogens is 3. The van der Waals surface area contributed by atoms with Crippen LogP contribution in [0.15, 0.2) is 21.7 Å². The van der Waals surface area contributed by atoms with Gasteiger partial charge in [-0.25, -0.2) is 0 Å². The molecule has 0 spiro atoms. The molecule has 0 radical (unpaired) electrons. The maximum atomic E-state index is 11.2. The highest BCUT2D eigenvalue weighted by Crippen LogP contribution is 2.17. The van der Waals surface area contributed by atoms with E-state index in [4.69, 9.17) is 0 Å². The Morgan fingerprint density at radius 3 is 3.08 bits per heavy atom. The van der Waals surface area contributed by atoms with E-state index in [1.807, 2.05) is 0 Å². The van der Waals surface area contributed by atoms with Crippen LogP contribution in [-0.2, 0) is 7.05 Å². The summed E-state index contributed by atoms with van der Waals surface area (Å²) in [6.07, 6.45) is 3.42. The Morgan fingerprint density at radius 2 is 2.42 bits per heavy atom. The van der Waals surface area contributed by atoms with Crippen molar-refractivity contribution in [3.05, 3.63) is 27.2 Å². The van der Waals surface area contributed by atoms with Gasteiger partial charge < -0.3 is 4.98 Å². The molecule has 0 saturated carbocycles. The van der Waals surface area contributed by atoms with Crippen molar-refractivity contribution < 1.29 is 0 Å². The first-order chi connectivity index (χ1) is 5.68. The molecule has 0 aliphatic carbocycles. The molecule has 0 saturated heterocycles. The standard InChI is InChI=1S/C7H6BrN3O/c1-11-3-4-5(8)2-9-7(12)6(4)10-11/h2-3H,1H3,(H,9,12). The van der Waals surface area contributed by atoms with Crippen molar-refractivity contribution >= 4 is 26.8 Å². The van der Waals surface area contributed by atoms with E-state index in [-0.39, 0.29) is 5.56 Å². The first-order valence-electron chi connectivity index (χ1n) is 3.39. The molecule has 62 valence electrons. The fraction of sp³-hybridized carbons (Fsp3) is 0.143. The Balaban J connectivity index is 3.03. The number of halogens is 1. The molecule has 0 amide bonds. The van der Waals surface area contributed by atoms with Crippen LogP contribution in [0.5, 0.6) is 0 Å². The van der Waals surface area contributed by atoms with Crippen LogP contribution in [0.25, 0.3) is 10.9 Å². The summed E-state index contributed by atoms with van der Waals surface area (Å²) >= 11 is 3.32. The molecule has 4 nitrogen and oxygen atoms in total. The molecule has 5 heteroatoms. The van der Waals surface area contributed by atoms with Crippen LogP contribution in [0.2, 0.25) is 0 Å². The van der Waals surface area contributed by atoms with Gasteiger partial charge in [-0.1, -0.05) is 0 Å². The summed E-state index contributed by atoms with van der Waals surface area (Å²) in [6, 6.07) is 0. The Morgan fingerprint density at radius 1 is 1.67 bits per heavy atom. The molecule has 2 heterocycles. The van der Waals surface area contributed by atoms with E-state index >= 15 is 0 Å². The van der Waals surface area contributed by atoms with Gasteiger partial charge >= 0.3 is 0 Å². The quantitative estimate of drug-likeness (QED) is 0.731. The molecule has 0 unspecified atom stereocenters. The second-order valence-corrected chi connectivity index (χ2v) is 3.39. The summed E-state index contributed by atoms with van der Waals surface area (Å²) in [5, 5.41) is 4.85. The number of nitrogens with zero attached hydrogens (tertiary/aromatic N) is 2. The van der Waals surface area contributed by atoms with Crippen LogP contribution in [0, 0.1) is 0 Å². The number of pyridine rings is 1. The van der Waals surface area contributed by atoms with Gasteiger partial charge in [0.1, 0.15) is 0 Å². The number of aromatic amines is 1. The van der Waals surface area contributed by atoms with Crippen LogP contribution in [0.4, 0.5) is 0 Å². The monoisotopic (exact) mass is 227 g/mol. The van der Waals surface area contributed by atoms with E-state index in [2.05, 4.69) is 26.0 Å². The van der Waals surface area contributed by atoms with Crippen LogP contribution >= 0.6 is 15.9 Å². The summed E-state index contributed by atoms with van der Waals surface area (Å²) in [4.78, 5) is 13.8. The second kappa shape index (κ2) is 2.45. The van der Waals surface area contributed by atoms with Crippen molar-refractivity contribution in [2.24, 2.45) is 7.05 Å². The Hall–Kier alpha value is -1.10. The number of nitrogens with one attached hydrogen (secondary N) is 1. The third kappa shape index (κ3) is 0.972. The lowest BCUT2D eigenvalue weighted by Crippen LogP contribution is -2.05. The lowest BCUT2D eigenvalue weighted by molar-refractivity contribution is 0.778. The summed E-state index contributed by atoms with van der Waals surface area (Å²) in [6.45, 7) is 0. The number of rotatable bonds is 0. The molecule has 0 aromatic carbocycles. The van der Waals surface area contributed by atoms with Gasteiger partial charge in [0, 0.05) is 29.3 Å². The van der Waals surface area contributed by atoms with E-state index in [0.717, 1.165) is 9.86 Å². The number of H-pyrrole nitrogens is 1. The predicted octanol–water partition coefficient (Wildman–Crippen LogP) is 1.02. The van der Waals surface area contributed by atoms with Crippen molar-refractivity contribution in [2.75, 3.05) is 0 Å². The molecular formula is C7H6BrN3O. The largest absolute Gasteiger partial charge is 0.326 e. The minimum absolute atomic E-state index is 0.159. The van der Waals surface area contributed by atoms with Gasteiger partial charge in [-0.2, -0.15) is 5.10 Å². The van der Waals surface area contributed by atoms with Crippen molar-refractivity contribution in [3.8, 4) is 0 Å². The van der Waals surface area contributed by atoms with Crippen LogP contribution in [0.1, 0.15) is 0 Å². The van der Waals surface area contributed by atoms with E-state index < -0.39 is 0 Å². The van der Waals surface area contributed by atoms with Crippen molar-refractivity contribution in [3.63, 3.8) is 0 Å². The zero-order valence-electron chi connectivity index (χ0n) is 6.34. The molecular weight excluding hydrogens is 222 g/mol. The number of hydrogen-bond donors (Lipinski definition) is 1. The van der Waals surface area contributed by atoms with Crippen molar-refractivity contribution in [1.29, 1.82) is 0 Å². The average molecular weight is 228 g/mol. The summed E-state index contributed by atoms with van der Waals surface area (Å²) in [5.41, 5.74) is 0.306. The van der Waals surface area contributed by atoms with Gasteiger partial charge in [0.15, 0.2) is 5.52 Å². The molecule has 2 aromatic heterocycles. The highest BCUT2D eigenvalue weighted by Gasteiger charge is 2.05. The number of aryl methyl sites for hydroxylation is 1. The second-order valence-electron chi connectivity index (χ2n) is 2.53. The summed E-state index contributed by atoms with van der Waals surface area (Å²) in [7, 11) is 1.78. The van der Waals surface area contributed by atoms with E-state index in [0.29, 0.717) is 5.52 Å². The molecule has 0 aliphatic heterocycles. The first-order valence-corrected chi connectivity index (χ1v) is 4.18. The summed E-state index contributed by atoms with van der Waals surface area (Å²) < 4.78 is 2.47. The molecule has 0 fully saturated rings. The first kappa shape index (κ1) is 7.54. The molecule has 2 aromatic rings. The minimum atomic E-state index is -0.159.